The lowest BCUT2D eigenvalue weighted by atomic mass is 10.1. The summed E-state index contributed by atoms with van der Waals surface area (Å²) in [5, 5.41) is 0. The normalized spacial score (nSPS) is 24.7. The van der Waals surface area contributed by atoms with E-state index in [4.69, 9.17) is 18.3 Å². The SMILES string of the molecule is CC[Si](CC)(CC)OCC1OC(OC)C=CC1O[Si](CC)(CC)CC. The standard InChI is InChI=1S/C19H40O4Si2/c1-8-24(9-2,10-3)21-16-18-17(14-15-19(20-7)22-18)23-25(11-4,12-5)13-6/h14-15,17-19H,8-13,16H2,1-7H3. The Balaban J connectivity index is 2.89. The third-order valence-electron chi connectivity index (χ3n) is 6.17. The fourth-order valence-corrected chi connectivity index (χ4v) is 9.04. The van der Waals surface area contributed by atoms with Gasteiger partial charge in [0.15, 0.2) is 22.9 Å². The van der Waals surface area contributed by atoms with Crippen LogP contribution in [0.25, 0.3) is 0 Å². The topological polar surface area (TPSA) is 36.9 Å². The van der Waals surface area contributed by atoms with Crippen molar-refractivity contribution in [2.24, 2.45) is 0 Å². The molecule has 4 nitrogen and oxygen atoms in total. The fourth-order valence-electron chi connectivity index (χ4n) is 3.61. The van der Waals surface area contributed by atoms with Gasteiger partial charge in [-0.15, -0.1) is 0 Å². The maximum absolute atomic E-state index is 6.71. The fraction of sp³-hybridized carbons (Fsp3) is 0.895. The van der Waals surface area contributed by atoms with Crippen LogP contribution in [0.1, 0.15) is 41.5 Å². The van der Waals surface area contributed by atoms with Crippen molar-refractivity contribution in [2.75, 3.05) is 13.7 Å². The first-order valence-electron chi connectivity index (χ1n) is 10.2. The van der Waals surface area contributed by atoms with E-state index >= 15 is 0 Å². The molecule has 0 aromatic carbocycles. The molecule has 0 radical (unpaired) electrons. The maximum Gasteiger partial charge on any atom is 0.193 e. The lowest BCUT2D eigenvalue weighted by Gasteiger charge is -2.40. The van der Waals surface area contributed by atoms with Gasteiger partial charge >= 0.3 is 0 Å². The van der Waals surface area contributed by atoms with E-state index in [0.29, 0.717) is 6.61 Å². The first kappa shape index (κ1) is 23.1. The summed E-state index contributed by atoms with van der Waals surface area (Å²) >= 11 is 0. The summed E-state index contributed by atoms with van der Waals surface area (Å²) in [6, 6.07) is 6.88. The van der Waals surface area contributed by atoms with Gasteiger partial charge in [0.1, 0.15) is 6.10 Å². The van der Waals surface area contributed by atoms with Crippen molar-refractivity contribution in [3.05, 3.63) is 12.2 Å². The second-order valence-corrected chi connectivity index (χ2v) is 16.5. The van der Waals surface area contributed by atoms with Crippen molar-refractivity contribution in [1.82, 2.24) is 0 Å². The predicted molar refractivity (Wildman–Crippen MR) is 110 cm³/mol. The number of ether oxygens (including phenoxy) is 2. The molecule has 1 rings (SSSR count). The molecule has 0 bridgehead atoms. The highest BCUT2D eigenvalue weighted by Crippen LogP contribution is 2.29. The van der Waals surface area contributed by atoms with Gasteiger partial charge in [-0.25, -0.2) is 0 Å². The summed E-state index contributed by atoms with van der Waals surface area (Å²) in [6.45, 7) is 14.2. The lowest BCUT2D eigenvalue weighted by Crippen LogP contribution is -2.50. The summed E-state index contributed by atoms with van der Waals surface area (Å²) in [5.74, 6) is 0. The van der Waals surface area contributed by atoms with Crippen LogP contribution in [0.5, 0.6) is 0 Å². The highest BCUT2D eigenvalue weighted by atomic mass is 28.4. The minimum Gasteiger partial charge on any atom is -0.414 e. The Hall–Kier alpha value is 0.0138. The molecule has 25 heavy (non-hydrogen) atoms. The van der Waals surface area contributed by atoms with Crippen molar-refractivity contribution < 1.29 is 18.3 Å². The van der Waals surface area contributed by atoms with E-state index in [-0.39, 0.29) is 18.5 Å². The van der Waals surface area contributed by atoms with Gasteiger partial charge in [0, 0.05) is 7.11 Å². The molecule has 1 aliphatic heterocycles. The highest BCUT2D eigenvalue weighted by molar-refractivity contribution is 6.74. The molecule has 0 saturated heterocycles. The molecule has 148 valence electrons. The molecular formula is C19H40O4Si2. The molecule has 0 spiro atoms. The summed E-state index contributed by atoms with van der Waals surface area (Å²) in [4.78, 5) is 0. The Morgan fingerprint density at radius 3 is 1.76 bits per heavy atom. The van der Waals surface area contributed by atoms with Crippen LogP contribution < -0.4 is 0 Å². The van der Waals surface area contributed by atoms with Crippen molar-refractivity contribution in [3.8, 4) is 0 Å². The van der Waals surface area contributed by atoms with Crippen LogP contribution in [0.2, 0.25) is 36.3 Å². The predicted octanol–water partition coefficient (Wildman–Crippen LogP) is 5.33. The first-order valence-corrected chi connectivity index (χ1v) is 15.2. The summed E-state index contributed by atoms with van der Waals surface area (Å²) in [6.07, 6.45) is 3.72. The minimum absolute atomic E-state index is 0.0183. The summed E-state index contributed by atoms with van der Waals surface area (Å²) in [7, 11) is -1.65. The molecule has 1 heterocycles. The molecule has 0 saturated carbocycles. The summed E-state index contributed by atoms with van der Waals surface area (Å²) < 4.78 is 24.8. The van der Waals surface area contributed by atoms with Gasteiger partial charge < -0.3 is 18.3 Å². The number of hydrogen-bond donors (Lipinski definition) is 0. The average Bonchev–Trinajstić information content (AvgIpc) is 2.68. The highest BCUT2D eigenvalue weighted by Gasteiger charge is 2.38. The van der Waals surface area contributed by atoms with Crippen molar-refractivity contribution in [2.45, 2.75) is 96.3 Å². The number of rotatable bonds is 12. The average molecular weight is 389 g/mol. The van der Waals surface area contributed by atoms with E-state index in [2.05, 4.69) is 47.6 Å². The van der Waals surface area contributed by atoms with Gasteiger partial charge in [-0.1, -0.05) is 47.6 Å². The first-order chi connectivity index (χ1) is 12.0. The third-order valence-corrected chi connectivity index (χ3v) is 15.5. The van der Waals surface area contributed by atoms with Crippen LogP contribution in [0, 0.1) is 0 Å². The van der Waals surface area contributed by atoms with E-state index < -0.39 is 16.6 Å². The van der Waals surface area contributed by atoms with E-state index in [9.17, 15) is 0 Å². The van der Waals surface area contributed by atoms with Gasteiger partial charge in [0.2, 0.25) is 0 Å². The zero-order chi connectivity index (χ0) is 18.9. The van der Waals surface area contributed by atoms with Crippen molar-refractivity contribution in [3.63, 3.8) is 0 Å². The molecule has 0 fully saturated rings. The lowest BCUT2D eigenvalue weighted by molar-refractivity contribution is -0.164. The van der Waals surface area contributed by atoms with Gasteiger partial charge in [-0.2, -0.15) is 0 Å². The zero-order valence-corrected chi connectivity index (χ0v) is 19.5. The Labute approximate surface area is 157 Å². The summed E-state index contributed by atoms with van der Waals surface area (Å²) in [5.41, 5.74) is 0. The molecule has 3 atom stereocenters. The third kappa shape index (κ3) is 6.01. The van der Waals surface area contributed by atoms with Crippen LogP contribution >= 0.6 is 0 Å². The van der Waals surface area contributed by atoms with Crippen LogP contribution in [0.3, 0.4) is 0 Å². The second-order valence-electron chi connectivity index (χ2n) is 7.04. The molecule has 0 aliphatic carbocycles. The van der Waals surface area contributed by atoms with Crippen LogP contribution in [-0.2, 0) is 18.3 Å². The Morgan fingerprint density at radius 1 is 0.800 bits per heavy atom. The molecule has 0 amide bonds. The number of hydrogen-bond acceptors (Lipinski definition) is 4. The Kier molecular flexibility index (Phi) is 10.1. The second kappa shape index (κ2) is 11.0. The molecule has 6 heteroatoms. The van der Waals surface area contributed by atoms with Crippen molar-refractivity contribution in [1.29, 1.82) is 0 Å². The smallest absolute Gasteiger partial charge is 0.193 e. The van der Waals surface area contributed by atoms with E-state index in [1.165, 1.54) is 0 Å². The Morgan fingerprint density at radius 2 is 1.32 bits per heavy atom. The quantitative estimate of drug-likeness (QED) is 0.335. The molecule has 1 aliphatic rings. The van der Waals surface area contributed by atoms with Gasteiger partial charge in [-0.3, -0.25) is 0 Å². The van der Waals surface area contributed by atoms with Crippen LogP contribution in [0.4, 0.5) is 0 Å². The van der Waals surface area contributed by atoms with Gasteiger partial charge in [0.25, 0.3) is 0 Å². The van der Waals surface area contributed by atoms with E-state index in [0.717, 1.165) is 36.3 Å². The molecular weight excluding hydrogens is 348 g/mol. The zero-order valence-electron chi connectivity index (χ0n) is 17.5. The number of methoxy groups -OCH3 is 1. The molecule has 3 unspecified atom stereocenters. The molecule has 0 aromatic rings. The van der Waals surface area contributed by atoms with Gasteiger partial charge in [-0.05, 0) is 42.3 Å². The Bertz CT molecular complexity index is 378. The maximum atomic E-state index is 6.71. The molecule has 0 N–H and O–H groups in total. The monoisotopic (exact) mass is 388 g/mol. The van der Waals surface area contributed by atoms with Gasteiger partial charge in [0.05, 0.1) is 12.7 Å². The van der Waals surface area contributed by atoms with Crippen molar-refractivity contribution >= 4 is 16.6 Å². The largest absolute Gasteiger partial charge is 0.414 e. The van der Waals surface area contributed by atoms with E-state index in [1.54, 1.807) is 7.11 Å². The minimum atomic E-state index is -1.69. The molecule has 0 aromatic heterocycles. The van der Waals surface area contributed by atoms with Crippen LogP contribution in [-0.4, -0.2) is 48.8 Å². The van der Waals surface area contributed by atoms with Crippen LogP contribution in [0.15, 0.2) is 12.2 Å². The van der Waals surface area contributed by atoms with E-state index in [1.807, 2.05) is 6.08 Å².